The molecule has 204 valence electrons. The van der Waals surface area contributed by atoms with Crippen molar-refractivity contribution in [3.8, 4) is 12.1 Å². The number of pyridine rings is 1. The summed E-state index contributed by atoms with van der Waals surface area (Å²) in [5, 5.41) is 28.5. The van der Waals surface area contributed by atoms with Gasteiger partial charge >= 0.3 is 0 Å². The quantitative estimate of drug-likeness (QED) is 0.198. The lowest BCUT2D eigenvalue weighted by molar-refractivity contribution is 0.260. The monoisotopic (exact) mass is 545 g/mol. The first kappa shape index (κ1) is 24.9. The van der Waals surface area contributed by atoms with E-state index in [0.29, 0.717) is 39.6 Å². The number of halogens is 1. The molecule has 4 N–H and O–H groups in total. The molecule has 1 saturated carbocycles. The summed E-state index contributed by atoms with van der Waals surface area (Å²) >= 11 is 0. The summed E-state index contributed by atoms with van der Waals surface area (Å²) in [7, 11) is 0. The van der Waals surface area contributed by atoms with Crippen LogP contribution in [0.15, 0.2) is 84.8 Å². The summed E-state index contributed by atoms with van der Waals surface area (Å²) in [4.78, 5) is 4.26. The first-order chi connectivity index (χ1) is 20.4. The Hall–Kier alpha value is -5.12. The van der Waals surface area contributed by atoms with Crippen LogP contribution < -0.4 is 21.6 Å². The molecule has 2 heterocycles. The molecule has 0 bridgehead atoms. The molecule has 0 spiro atoms. The first-order valence-electron chi connectivity index (χ1n) is 14.1. The van der Waals surface area contributed by atoms with Crippen LogP contribution in [0.3, 0.4) is 0 Å². The second-order valence-corrected chi connectivity index (χ2v) is 10.1. The molecule has 1 aliphatic carbocycles. The minimum atomic E-state index is -1.62. The van der Waals surface area contributed by atoms with E-state index in [-0.39, 0.29) is 17.1 Å². The summed E-state index contributed by atoms with van der Waals surface area (Å²) in [5.41, 5.74) is 9.83. The van der Waals surface area contributed by atoms with Crippen molar-refractivity contribution in [2.75, 3.05) is 10.6 Å². The van der Waals surface area contributed by atoms with Gasteiger partial charge in [-0.05, 0) is 54.7 Å². The third kappa shape index (κ3) is 5.36. The maximum atomic E-state index is 15.7. The zero-order chi connectivity index (χ0) is 29.3. The van der Waals surface area contributed by atoms with Crippen molar-refractivity contribution in [3.05, 3.63) is 113 Å². The molecule has 2 aliphatic rings. The van der Waals surface area contributed by atoms with Crippen LogP contribution in [0.4, 0.5) is 15.8 Å². The molecule has 1 aliphatic heterocycles. The molecular formula is C32H29FN8. The normalized spacial score (nSPS) is 16.9. The molecule has 1 fully saturated rings. The molecule has 0 amide bonds. The standard InChI is InChI=1S/C32H29FN8/c1-2-28(21-8-4-3-5-9-21)38-30-23(17-35)18-36-32-26(30)14-24(15-27(32)33)37-31(22-10-6-7-20(13-22)16-34)29-19-41(40-39-29)25-11-12-25/h3-10,13-15,18-19,25,28,31,37,39-40H,2,11-12H2,1H3,(H,36,38)/t28-,31?/m1/s1/i31D. The number of hydrazine groups is 2. The molecule has 6 rings (SSSR count). The first-order valence-corrected chi connectivity index (χ1v) is 13.6. The third-order valence-electron chi connectivity index (χ3n) is 7.32. The van der Waals surface area contributed by atoms with Gasteiger partial charge in [0.2, 0.25) is 0 Å². The van der Waals surface area contributed by atoms with Crippen LogP contribution in [-0.2, 0) is 0 Å². The van der Waals surface area contributed by atoms with E-state index in [4.69, 9.17) is 0 Å². The summed E-state index contributed by atoms with van der Waals surface area (Å²) < 4.78 is 25.3. The number of benzene rings is 3. The Morgan fingerprint density at radius 2 is 1.88 bits per heavy atom. The average molecular weight is 546 g/mol. The van der Waals surface area contributed by atoms with Crippen LogP contribution in [0.25, 0.3) is 10.9 Å². The number of nitrogens with one attached hydrogen (secondary N) is 4. The van der Waals surface area contributed by atoms with Gasteiger partial charge in [0, 0.05) is 29.5 Å². The lowest BCUT2D eigenvalue weighted by atomic mass is 10.0. The van der Waals surface area contributed by atoms with Crippen LogP contribution in [0, 0.1) is 28.5 Å². The molecule has 0 saturated heterocycles. The molecule has 1 unspecified atom stereocenters. The topological polar surface area (TPSA) is 112 Å². The fourth-order valence-corrected chi connectivity index (χ4v) is 5.04. The van der Waals surface area contributed by atoms with E-state index < -0.39 is 11.8 Å². The molecule has 4 aromatic rings. The lowest BCUT2D eigenvalue weighted by Crippen LogP contribution is -2.38. The lowest BCUT2D eigenvalue weighted by Gasteiger charge is -2.23. The molecule has 2 atom stereocenters. The Kier molecular flexibility index (Phi) is 6.78. The molecule has 9 heteroatoms. The van der Waals surface area contributed by atoms with Gasteiger partial charge in [0.15, 0.2) is 5.82 Å². The van der Waals surface area contributed by atoms with E-state index >= 15 is 4.39 Å². The Bertz CT molecular complexity index is 1760. The smallest absolute Gasteiger partial charge is 0.151 e. The molecule has 3 aromatic carbocycles. The van der Waals surface area contributed by atoms with Crippen LogP contribution in [0.5, 0.6) is 0 Å². The van der Waals surface area contributed by atoms with Gasteiger partial charge in [-0.25, -0.2) is 4.39 Å². The predicted octanol–water partition coefficient (Wildman–Crippen LogP) is 6.16. The zero-order valence-corrected chi connectivity index (χ0v) is 22.4. The van der Waals surface area contributed by atoms with Crippen molar-refractivity contribution in [1.82, 2.24) is 21.0 Å². The maximum absolute atomic E-state index is 15.7. The predicted molar refractivity (Wildman–Crippen MR) is 156 cm³/mol. The van der Waals surface area contributed by atoms with E-state index in [1.54, 1.807) is 30.3 Å². The van der Waals surface area contributed by atoms with E-state index in [0.717, 1.165) is 24.8 Å². The zero-order valence-electron chi connectivity index (χ0n) is 23.4. The van der Waals surface area contributed by atoms with Crippen LogP contribution in [0.2, 0.25) is 0 Å². The largest absolute Gasteiger partial charge is 0.377 e. The second-order valence-electron chi connectivity index (χ2n) is 10.1. The van der Waals surface area contributed by atoms with Crippen molar-refractivity contribution in [2.24, 2.45) is 0 Å². The van der Waals surface area contributed by atoms with Gasteiger partial charge in [0.25, 0.3) is 0 Å². The van der Waals surface area contributed by atoms with E-state index in [2.05, 4.69) is 38.7 Å². The highest BCUT2D eigenvalue weighted by molar-refractivity contribution is 5.96. The number of hydrogen-bond acceptors (Lipinski definition) is 8. The SMILES string of the molecule is [2H]C(Nc1cc(F)c2ncc(C#N)c(N[C@H](CC)c3ccccc3)c2c1)(C1=CN(C2CC2)NN1)c1cccc(C#N)c1. The highest BCUT2D eigenvalue weighted by Crippen LogP contribution is 2.36. The van der Waals surface area contributed by atoms with Gasteiger partial charge < -0.3 is 16.1 Å². The number of aromatic nitrogens is 1. The summed E-state index contributed by atoms with van der Waals surface area (Å²) in [6.45, 7) is 2.04. The van der Waals surface area contributed by atoms with Crippen molar-refractivity contribution in [1.29, 1.82) is 10.5 Å². The second kappa shape index (κ2) is 11.2. The fraction of sp³-hybridized carbons (Fsp3) is 0.219. The third-order valence-corrected chi connectivity index (χ3v) is 7.32. The highest BCUT2D eigenvalue weighted by Gasteiger charge is 2.32. The van der Waals surface area contributed by atoms with Gasteiger partial charge in [0.05, 0.1) is 42.0 Å². The number of nitrogens with zero attached hydrogens (tertiary/aromatic N) is 4. The average Bonchev–Trinajstić information content (AvgIpc) is 3.75. The van der Waals surface area contributed by atoms with Crippen LogP contribution in [-0.4, -0.2) is 16.0 Å². The van der Waals surface area contributed by atoms with Crippen molar-refractivity contribution < 1.29 is 5.76 Å². The fourth-order valence-electron chi connectivity index (χ4n) is 5.04. The number of rotatable bonds is 9. The van der Waals surface area contributed by atoms with Gasteiger partial charge in [-0.15, -0.1) is 5.53 Å². The minimum absolute atomic E-state index is 0.117. The van der Waals surface area contributed by atoms with Crippen molar-refractivity contribution in [2.45, 2.75) is 44.3 Å². The van der Waals surface area contributed by atoms with Gasteiger partial charge in [-0.1, -0.05) is 49.4 Å². The van der Waals surface area contributed by atoms with Gasteiger partial charge in [-0.3, -0.25) is 9.99 Å². The maximum Gasteiger partial charge on any atom is 0.151 e. The minimum Gasteiger partial charge on any atom is -0.377 e. The summed E-state index contributed by atoms with van der Waals surface area (Å²) in [5.74, 6) is -0.588. The summed E-state index contributed by atoms with van der Waals surface area (Å²) in [6.07, 6.45) is 6.04. The van der Waals surface area contributed by atoms with E-state index in [1.165, 1.54) is 12.3 Å². The molecule has 1 aromatic heterocycles. The summed E-state index contributed by atoms with van der Waals surface area (Å²) in [6, 6.07) is 22.6. The van der Waals surface area contributed by atoms with Crippen molar-refractivity contribution >= 4 is 22.3 Å². The van der Waals surface area contributed by atoms with E-state index in [1.807, 2.05) is 48.5 Å². The number of anilines is 2. The molecule has 0 radical (unpaired) electrons. The van der Waals surface area contributed by atoms with Gasteiger partial charge in [-0.2, -0.15) is 10.5 Å². The highest BCUT2D eigenvalue weighted by atomic mass is 19.1. The molecule has 8 nitrogen and oxygen atoms in total. The Labute approximate surface area is 239 Å². The Morgan fingerprint density at radius 1 is 1.07 bits per heavy atom. The Morgan fingerprint density at radius 3 is 2.61 bits per heavy atom. The molecular weight excluding hydrogens is 515 g/mol. The van der Waals surface area contributed by atoms with Crippen LogP contribution in [0.1, 0.15) is 61.9 Å². The van der Waals surface area contributed by atoms with E-state index in [9.17, 15) is 11.9 Å². The molecule has 41 heavy (non-hydrogen) atoms. The van der Waals surface area contributed by atoms with Gasteiger partial charge in [0.1, 0.15) is 11.6 Å². The Balaban J connectivity index is 1.45. The van der Waals surface area contributed by atoms with Crippen LogP contribution >= 0.6 is 0 Å². The number of hydrogen-bond donors (Lipinski definition) is 4. The number of fused-ring (bicyclic) bond motifs is 1. The van der Waals surface area contributed by atoms with Crippen molar-refractivity contribution in [3.63, 3.8) is 0 Å². The number of nitriles is 2.